The number of aliphatic hydroxyl groups excluding tert-OH is 2. The van der Waals surface area contributed by atoms with Crippen molar-refractivity contribution in [2.45, 2.75) is 31.2 Å². The Morgan fingerprint density at radius 2 is 2.08 bits per heavy atom. The zero-order valence-corrected chi connectivity index (χ0v) is 20.1. The van der Waals surface area contributed by atoms with Gasteiger partial charge in [0.05, 0.1) is 48.2 Å². The summed E-state index contributed by atoms with van der Waals surface area (Å²) in [5.41, 5.74) is 0.332. The smallest absolute Gasteiger partial charge is 0.416 e. The van der Waals surface area contributed by atoms with E-state index in [1.165, 1.54) is 35.5 Å². The number of benzene rings is 1. The number of amides is 2. The van der Waals surface area contributed by atoms with Crippen LogP contribution in [-0.2, 0) is 6.18 Å². The van der Waals surface area contributed by atoms with Crippen LogP contribution in [0, 0.1) is 0 Å². The second-order valence-corrected chi connectivity index (χ2v) is 9.08. The lowest BCUT2D eigenvalue weighted by Gasteiger charge is -2.45. The summed E-state index contributed by atoms with van der Waals surface area (Å²) < 4.78 is 45.2. The quantitative estimate of drug-likeness (QED) is 0.444. The van der Waals surface area contributed by atoms with Crippen molar-refractivity contribution in [2.75, 3.05) is 41.4 Å². The third kappa shape index (κ3) is 5.34. The summed E-state index contributed by atoms with van der Waals surface area (Å²) in [4.78, 5) is 30.1. The fourth-order valence-corrected chi connectivity index (χ4v) is 4.55. The number of hydrogen-bond donors (Lipinski definition) is 3. The van der Waals surface area contributed by atoms with E-state index in [1.54, 1.807) is 6.20 Å². The molecule has 3 aromatic rings. The maximum atomic E-state index is 13.5. The molecule has 3 N–H and O–H groups in total. The third-order valence-corrected chi connectivity index (χ3v) is 6.37. The van der Waals surface area contributed by atoms with Gasteiger partial charge in [0, 0.05) is 24.7 Å². The van der Waals surface area contributed by atoms with Crippen LogP contribution in [0.25, 0.3) is 11.4 Å². The first-order valence-corrected chi connectivity index (χ1v) is 12.0. The van der Waals surface area contributed by atoms with Gasteiger partial charge in [-0.05, 0) is 25.0 Å². The van der Waals surface area contributed by atoms with Crippen molar-refractivity contribution < 1.29 is 32.9 Å². The number of rotatable bonds is 6. The van der Waals surface area contributed by atoms with Crippen molar-refractivity contribution in [1.29, 1.82) is 0 Å². The second-order valence-electron chi connectivity index (χ2n) is 9.08. The summed E-state index contributed by atoms with van der Waals surface area (Å²) in [7, 11) is 0. The van der Waals surface area contributed by atoms with Gasteiger partial charge in [0.15, 0.2) is 11.6 Å². The van der Waals surface area contributed by atoms with Crippen LogP contribution in [0.2, 0.25) is 0 Å². The number of halogens is 3. The molecular weight excluding hydrogens is 505 g/mol. The predicted octanol–water partition coefficient (Wildman–Crippen LogP) is 3.31. The number of nitrogens with one attached hydrogen (secondary N) is 1. The normalized spacial score (nSPS) is 17.6. The van der Waals surface area contributed by atoms with Gasteiger partial charge in [-0.1, -0.05) is 12.1 Å². The van der Waals surface area contributed by atoms with E-state index in [9.17, 15) is 23.1 Å². The number of hydrogen-bond acceptors (Lipinski definition) is 8. The van der Waals surface area contributed by atoms with E-state index in [1.807, 2.05) is 0 Å². The Balaban J connectivity index is 1.44. The molecule has 2 bridgehead atoms. The molecule has 2 aromatic heterocycles. The van der Waals surface area contributed by atoms with Crippen LogP contribution in [0.5, 0.6) is 5.75 Å². The first kappa shape index (κ1) is 25.7. The molecule has 2 atom stereocenters. The Hall–Kier alpha value is -3.97. The number of aromatic nitrogens is 3. The summed E-state index contributed by atoms with van der Waals surface area (Å²) in [6.45, 7) is 0.727. The number of carbonyl (C=O) groups is 1. The Bertz CT molecular complexity index is 1320. The molecule has 0 saturated carbocycles. The number of piperidine rings is 1. The highest BCUT2D eigenvalue weighted by Gasteiger charge is 2.39. The largest absolute Gasteiger partial charge is 0.489 e. The third-order valence-electron chi connectivity index (χ3n) is 6.37. The lowest BCUT2D eigenvalue weighted by atomic mass is 10.0. The number of carbonyl (C=O) groups excluding carboxylic acids is 1. The molecule has 38 heavy (non-hydrogen) atoms. The van der Waals surface area contributed by atoms with E-state index >= 15 is 0 Å². The minimum absolute atomic E-state index is 0.0772. The zero-order chi connectivity index (χ0) is 26.9. The van der Waals surface area contributed by atoms with E-state index in [0.717, 1.165) is 31.5 Å². The molecule has 0 radical (unpaired) electrons. The van der Waals surface area contributed by atoms with Gasteiger partial charge in [0.2, 0.25) is 0 Å². The Morgan fingerprint density at radius 1 is 1.24 bits per heavy atom. The first-order valence-electron chi connectivity index (χ1n) is 12.0. The average molecular weight is 531 g/mol. The van der Waals surface area contributed by atoms with Crippen molar-refractivity contribution in [3.63, 3.8) is 0 Å². The van der Waals surface area contributed by atoms with Gasteiger partial charge in [-0.25, -0.2) is 14.8 Å². The summed E-state index contributed by atoms with van der Waals surface area (Å²) in [6, 6.07) is 5.60. The zero-order valence-electron chi connectivity index (χ0n) is 20.1. The number of aliphatic hydroxyl groups is 2. The highest BCUT2D eigenvalue weighted by molar-refractivity contribution is 6.04. The highest BCUT2D eigenvalue weighted by atomic mass is 19.4. The van der Waals surface area contributed by atoms with Crippen LogP contribution >= 0.6 is 0 Å². The number of urea groups is 1. The van der Waals surface area contributed by atoms with E-state index < -0.39 is 30.5 Å². The second kappa shape index (κ2) is 10.4. The van der Waals surface area contributed by atoms with E-state index in [4.69, 9.17) is 9.84 Å². The van der Waals surface area contributed by atoms with Crippen LogP contribution in [0.1, 0.15) is 18.4 Å². The Morgan fingerprint density at radius 3 is 2.87 bits per heavy atom. The minimum Gasteiger partial charge on any atom is -0.489 e. The topological polar surface area (TPSA) is 124 Å². The lowest BCUT2D eigenvalue weighted by molar-refractivity contribution is -0.137. The van der Waals surface area contributed by atoms with Crippen LogP contribution in [-0.4, -0.2) is 69.6 Å². The lowest BCUT2D eigenvalue weighted by Crippen LogP contribution is -2.56. The van der Waals surface area contributed by atoms with Crippen LogP contribution < -0.4 is 19.9 Å². The maximum absolute atomic E-state index is 13.5. The van der Waals surface area contributed by atoms with E-state index in [-0.39, 0.29) is 29.8 Å². The number of pyridine rings is 1. The summed E-state index contributed by atoms with van der Waals surface area (Å²) in [5.74, 6) is 0.674. The molecule has 0 spiro atoms. The molecular formula is C25H25F3N6O4. The van der Waals surface area contributed by atoms with Gasteiger partial charge < -0.3 is 25.2 Å². The highest BCUT2D eigenvalue weighted by Crippen LogP contribution is 2.39. The van der Waals surface area contributed by atoms with Crippen molar-refractivity contribution in [1.82, 2.24) is 15.0 Å². The van der Waals surface area contributed by atoms with Crippen LogP contribution in [0.4, 0.5) is 35.2 Å². The van der Waals surface area contributed by atoms with Crippen LogP contribution in [0.15, 0.2) is 48.9 Å². The summed E-state index contributed by atoms with van der Waals surface area (Å²) in [6.07, 6.45) is 0.388. The van der Waals surface area contributed by atoms with Gasteiger partial charge in [0.25, 0.3) is 0 Å². The SMILES string of the molecule is O=C(Nc1cncc(OC[C@H](O)CO)c1)N1c2nc(-c3cccc(C(F)(F)F)c3)ncc2N2CCCC1C2. The molecule has 1 unspecified atom stereocenters. The number of fused-ring (bicyclic) bond motifs is 4. The number of anilines is 3. The van der Waals surface area contributed by atoms with E-state index in [2.05, 4.69) is 25.2 Å². The molecule has 5 rings (SSSR count). The number of nitrogens with zero attached hydrogens (tertiary/aromatic N) is 5. The van der Waals surface area contributed by atoms with Crippen molar-refractivity contribution in [3.8, 4) is 17.1 Å². The standard InChI is InChI=1S/C25H25F3N6O4/c26-25(27,28)16-4-1-3-15(7-16)22-30-11-21-23(32-22)34(18-5-2-6-33(21)12-18)24(37)31-17-8-20(10-29-9-17)38-14-19(36)13-35/h1,3-4,7-11,18-19,35-36H,2,5-6,12-14H2,(H,31,37)/t18?,19-/m1/s1. The molecule has 1 fully saturated rings. The molecule has 10 nitrogen and oxygen atoms in total. The number of alkyl halides is 3. The van der Waals surface area contributed by atoms with E-state index in [0.29, 0.717) is 23.7 Å². The average Bonchev–Trinajstić information content (AvgIpc) is 2.91. The van der Waals surface area contributed by atoms with Gasteiger partial charge in [-0.3, -0.25) is 9.88 Å². The molecule has 1 aromatic carbocycles. The fraction of sp³-hybridized carbons (Fsp3) is 0.360. The molecule has 1 saturated heterocycles. The summed E-state index contributed by atoms with van der Waals surface area (Å²) >= 11 is 0. The summed E-state index contributed by atoms with van der Waals surface area (Å²) in [5, 5.41) is 21.2. The molecule has 200 valence electrons. The molecule has 4 heterocycles. The molecule has 2 aliphatic rings. The molecule has 2 aliphatic heterocycles. The minimum atomic E-state index is -4.51. The molecule has 0 aliphatic carbocycles. The predicted molar refractivity (Wildman–Crippen MR) is 132 cm³/mol. The Labute approximate surface area is 215 Å². The van der Waals surface area contributed by atoms with Crippen LogP contribution in [0.3, 0.4) is 0 Å². The van der Waals surface area contributed by atoms with Crippen molar-refractivity contribution in [3.05, 3.63) is 54.5 Å². The van der Waals surface area contributed by atoms with Gasteiger partial charge >= 0.3 is 12.2 Å². The van der Waals surface area contributed by atoms with Crippen molar-refractivity contribution >= 4 is 23.2 Å². The molecule has 2 amide bonds. The number of ether oxygens (including phenoxy) is 1. The maximum Gasteiger partial charge on any atom is 0.416 e. The first-order chi connectivity index (χ1) is 18.2. The van der Waals surface area contributed by atoms with Gasteiger partial charge in [-0.15, -0.1) is 0 Å². The Kier molecular flexibility index (Phi) is 7.04. The van der Waals surface area contributed by atoms with Gasteiger partial charge in [-0.2, -0.15) is 13.2 Å². The van der Waals surface area contributed by atoms with Gasteiger partial charge in [0.1, 0.15) is 18.5 Å². The fourth-order valence-electron chi connectivity index (χ4n) is 4.55. The van der Waals surface area contributed by atoms with Crippen molar-refractivity contribution in [2.24, 2.45) is 0 Å². The molecule has 13 heteroatoms. The monoisotopic (exact) mass is 530 g/mol.